The molecule has 1 heterocycles. The van der Waals surface area contributed by atoms with Gasteiger partial charge in [0, 0.05) is 30.7 Å². The molecule has 1 amide bonds. The molecule has 1 saturated carbocycles. The Morgan fingerprint density at radius 2 is 2.26 bits per heavy atom. The van der Waals surface area contributed by atoms with Gasteiger partial charge in [-0.05, 0) is 43.2 Å². The SMILES string of the molecule is O=C(NCCCOCC1CCCO1)C1CC1c1ccccc1Cl. The van der Waals surface area contributed by atoms with Gasteiger partial charge in [-0.1, -0.05) is 29.8 Å². The topological polar surface area (TPSA) is 47.6 Å². The van der Waals surface area contributed by atoms with E-state index in [2.05, 4.69) is 5.32 Å². The van der Waals surface area contributed by atoms with E-state index in [9.17, 15) is 4.79 Å². The smallest absolute Gasteiger partial charge is 0.223 e. The van der Waals surface area contributed by atoms with E-state index in [0.29, 0.717) is 19.8 Å². The van der Waals surface area contributed by atoms with Crippen molar-refractivity contribution in [2.45, 2.75) is 37.7 Å². The normalized spacial score (nSPS) is 26.2. The number of hydrogen-bond acceptors (Lipinski definition) is 3. The third-order valence-electron chi connectivity index (χ3n) is 4.52. The van der Waals surface area contributed by atoms with E-state index in [-0.39, 0.29) is 23.8 Å². The predicted octanol–water partition coefficient (Wildman–Crippen LogP) is 3.15. The number of carbonyl (C=O) groups is 1. The second kappa shape index (κ2) is 8.13. The summed E-state index contributed by atoms with van der Waals surface area (Å²) >= 11 is 6.19. The van der Waals surface area contributed by atoms with Crippen LogP contribution in [0.5, 0.6) is 0 Å². The second-order valence-corrected chi connectivity index (χ2v) is 6.73. The molecular weight excluding hydrogens is 314 g/mol. The summed E-state index contributed by atoms with van der Waals surface area (Å²) in [6, 6.07) is 7.79. The summed E-state index contributed by atoms with van der Waals surface area (Å²) in [4.78, 5) is 12.1. The Bertz CT molecular complexity index is 531. The zero-order chi connectivity index (χ0) is 16.1. The van der Waals surface area contributed by atoms with Crippen molar-refractivity contribution < 1.29 is 14.3 Å². The van der Waals surface area contributed by atoms with Gasteiger partial charge in [-0.3, -0.25) is 4.79 Å². The summed E-state index contributed by atoms with van der Waals surface area (Å²) in [5.41, 5.74) is 1.09. The highest BCUT2D eigenvalue weighted by Gasteiger charge is 2.44. The molecule has 0 bridgehead atoms. The molecule has 1 aliphatic heterocycles. The Morgan fingerprint density at radius 1 is 1.39 bits per heavy atom. The molecule has 1 N–H and O–H groups in total. The molecule has 2 aliphatic rings. The molecule has 0 aromatic heterocycles. The van der Waals surface area contributed by atoms with Gasteiger partial charge in [0.25, 0.3) is 0 Å². The summed E-state index contributed by atoms with van der Waals surface area (Å²) in [7, 11) is 0. The van der Waals surface area contributed by atoms with Gasteiger partial charge in [-0.15, -0.1) is 0 Å². The highest BCUT2D eigenvalue weighted by atomic mass is 35.5. The molecule has 5 heteroatoms. The average molecular weight is 338 g/mol. The predicted molar refractivity (Wildman–Crippen MR) is 89.7 cm³/mol. The van der Waals surface area contributed by atoms with E-state index in [1.54, 1.807) is 0 Å². The van der Waals surface area contributed by atoms with E-state index in [0.717, 1.165) is 42.9 Å². The van der Waals surface area contributed by atoms with Crippen molar-refractivity contribution in [1.82, 2.24) is 5.32 Å². The number of rotatable bonds is 8. The van der Waals surface area contributed by atoms with Crippen LogP contribution in [0, 0.1) is 5.92 Å². The maximum Gasteiger partial charge on any atom is 0.223 e. The third kappa shape index (κ3) is 4.69. The van der Waals surface area contributed by atoms with Crippen molar-refractivity contribution in [3.8, 4) is 0 Å². The number of carbonyl (C=O) groups excluding carboxylic acids is 1. The van der Waals surface area contributed by atoms with Crippen LogP contribution in [-0.2, 0) is 14.3 Å². The fourth-order valence-electron chi connectivity index (χ4n) is 3.11. The van der Waals surface area contributed by atoms with Gasteiger partial charge in [0.2, 0.25) is 5.91 Å². The Balaban J connectivity index is 1.28. The molecule has 0 spiro atoms. The zero-order valence-electron chi connectivity index (χ0n) is 13.3. The molecule has 23 heavy (non-hydrogen) atoms. The fourth-order valence-corrected chi connectivity index (χ4v) is 3.39. The van der Waals surface area contributed by atoms with Crippen LogP contribution >= 0.6 is 11.6 Å². The third-order valence-corrected chi connectivity index (χ3v) is 4.87. The molecule has 1 saturated heterocycles. The Morgan fingerprint density at radius 3 is 3.04 bits per heavy atom. The molecule has 2 fully saturated rings. The lowest BCUT2D eigenvalue weighted by Gasteiger charge is -2.10. The highest BCUT2D eigenvalue weighted by molar-refractivity contribution is 6.31. The minimum atomic E-state index is 0.0720. The van der Waals surface area contributed by atoms with Gasteiger partial charge in [0.15, 0.2) is 0 Å². The molecule has 1 aromatic carbocycles. The van der Waals surface area contributed by atoms with Crippen LogP contribution in [0.25, 0.3) is 0 Å². The number of benzene rings is 1. The van der Waals surface area contributed by atoms with Crippen molar-refractivity contribution in [2.24, 2.45) is 5.92 Å². The van der Waals surface area contributed by atoms with E-state index in [1.807, 2.05) is 24.3 Å². The Labute approximate surface area is 142 Å². The van der Waals surface area contributed by atoms with Gasteiger partial charge in [0.1, 0.15) is 0 Å². The van der Waals surface area contributed by atoms with Crippen LogP contribution in [0.2, 0.25) is 5.02 Å². The van der Waals surface area contributed by atoms with E-state index in [1.165, 1.54) is 0 Å². The first kappa shape index (κ1) is 16.7. The van der Waals surface area contributed by atoms with Crippen LogP contribution in [-0.4, -0.2) is 38.4 Å². The summed E-state index contributed by atoms with van der Waals surface area (Å²) in [6.45, 7) is 2.86. The van der Waals surface area contributed by atoms with Crippen molar-refractivity contribution in [1.29, 1.82) is 0 Å². The number of ether oxygens (including phenoxy) is 2. The summed E-state index contributed by atoms with van der Waals surface area (Å²) < 4.78 is 11.1. The lowest BCUT2D eigenvalue weighted by Crippen LogP contribution is -2.27. The molecule has 1 aliphatic carbocycles. The molecule has 126 valence electrons. The van der Waals surface area contributed by atoms with Crippen LogP contribution in [0.1, 0.15) is 37.2 Å². The first-order valence-electron chi connectivity index (χ1n) is 8.47. The van der Waals surface area contributed by atoms with Gasteiger partial charge in [0.05, 0.1) is 12.7 Å². The van der Waals surface area contributed by atoms with Crippen LogP contribution < -0.4 is 5.32 Å². The monoisotopic (exact) mass is 337 g/mol. The average Bonchev–Trinajstić information content (AvgIpc) is 3.18. The van der Waals surface area contributed by atoms with E-state index in [4.69, 9.17) is 21.1 Å². The first-order valence-corrected chi connectivity index (χ1v) is 8.85. The van der Waals surface area contributed by atoms with Crippen molar-refractivity contribution in [3.63, 3.8) is 0 Å². The number of hydrogen-bond donors (Lipinski definition) is 1. The minimum absolute atomic E-state index is 0.0720. The van der Waals surface area contributed by atoms with E-state index >= 15 is 0 Å². The Hall–Kier alpha value is -1.10. The first-order chi connectivity index (χ1) is 11.3. The van der Waals surface area contributed by atoms with Crippen LogP contribution in [0.4, 0.5) is 0 Å². The number of nitrogens with one attached hydrogen (secondary N) is 1. The molecule has 0 radical (unpaired) electrons. The Kier molecular flexibility index (Phi) is 5.92. The number of halogens is 1. The van der Waals surface area contributed by atoms with E-state index < -0.39 is 0 Å². The molecule has 4 nitrogen and oxygen atoms in total. The maximum atomic E-state index is 12.1. The van der Waals surface area contributed by atoms with Crippen molar-refractivity contribution in [3.05, 3.63) is 34.9 Å². The summed E-state index contributed by atoms with van der Waals surface area (Å²) in [5.74, 6) is 0.483. The van der Waals surface area contributed by atoms with Crippen LogP contribution in [0.3, 0.4) is 0 Å². The van der Waals surface area contributed by atoms with Gasteiger partial charge < -0.3 is 14.8 Å². The van der Waals surface area contributed by atoms with Gasteiger partial charge >= 0.3 is 0 Å². The standard InChI is InChI=1S/C18H24ClNO3/c19-17-7-2-1-6-14(17)15-11-16(15)18(21)20-8-4-9-22-12-13-5-3-10-23-13/h1-2,6-7,13,15-16H,3-5,8-12H2,(H,20,21). The second-order valence-electron chi connectivity index (χ2n) is 6.32. The molecule has 3 rings (SSSR count). The number of amides is 1. The quantitative estimate of drug-likeness (QED) is 0.741. The van der Waals surface area contributed by atoms with Gasteiger partial charge in [-0.2, -0.15) is 0 Å². The van der Waals surface area contributed by atoms with Crippen molar-refractivity contribution in [2.75, 3.05) is 26.4 Å². The lowest BCUT2D eigenvalue weighted by atomic mass is 10.1. The van der Waals surface area contributed by atoms with Gasteiger partial charge in [-0.25, -0.2) is 0 Å². The molecular formula is C18H24ClNO3. The minimum Gasteiger partial charge on any atom is -0.379 e. The maximum absolute atomic E-state index is 12.1. The van der Waals surface area contributed by atoms with Crippen molar-refractivity contribution >= 4 is 17.5 Å². The fraction of sp³-hybridized carbons (Fsp3) is 0.611. The molecule has 3 atom stereocenters. The summed E-state index contributed by atoms with van der Waals surface area (Å²) in [5, 5.41) is 3.76. The van der Waals surface area contributed by atoms with Crippen LogP contribution in [0.15, 0.2) is 24.3 Å². The lowest BCUT2D eigenvalue weighted by molar-refractivity contribution is -0.122. The summed E-state index contributed by atoms with van der Waals surface area (Å²) in [6.07, 6.45) is 4.24. The highest BCUT2D eigenvalue weighted by Crippen LogP contribution is 2.49. The zero-order valence-corrected chi connectivity index (χ0v) is 14.1. The molecule has 3 unspecified atom stereocenters. The molecule has 1 aromatic rings. The largest absolute Gasteiger partial charge is 0.379 e.